The van der Waals surface area contributed by atoms with Crippen LogP contribution in [0.2, 0.25) is 29.6 Å². The van der Waals surface area contributed by atoms with Gasteiger partial charge in [0.25, 0.3) is 0 Å². The van der Waals surface area contributed by atoms with Gasteiger partial charge in [-0.2, -0.15) is 13.2 Å². The maximum atomic E-state index is 10.7. The van der Waals surface area contributed by atoms with Gasteiger partial charge in [0.2, 0.25) is 0 Å². The van der Waals surface area contributed by atoms with Crippen LogP contribution in [0.15, 0.2) is 36.9 Å². The van der Waals surface area contributed by atoms with Gasteiger partial charge in [-0.15, -0.1) is 0 Å². The normalized spacial score (nSPS) is 13.1. The molecule has 0 saturated heterocycles. The van der Waals surface area contributed by atoms with E-state index in [2.05, 4.69) is 82.7 Å². The van der Waals surface area contributed by atoms with Gasteiger partial charge in [0.1, 0.15) is 0 Å². The fourth-order valence-electron chi connectivity index (χ4n) is 2.23. The molecule has 11 heteroatoms. The van der Waals surface area contributed by atoms with Crippen molar-refractivity contribution in [2.24, 2.45) is 7.05 Å². The fourth-order valence-corrected chi connectivity index (χ4v) is 10.1. The number of nitrogens with zero attached hydrogens (tertiary/aromatic N) is 2. The Hall–Kier alpha value is -0.273. The van der Waals surface area contributed by atoms with E-state index in [-0.39, 0.29) is 0 Å². The zero-order chi connectivity index (χ0) is 22.1. The summed E-state index contributed by atoms with van der Waals surface area (Å²) >= 11 is -4.09. The topological polar surface area (TPSA) is 66.0 Å². The van der Waals surface area contributed by atoms with Crippen molar-refractivity contribution in [1.29, 1.82) is 0 Å². The van der Waals surface area contributed by atoms with Crippen LogP contribution in [-0.4, -0.2) is 59.8 Å². The van der Waals surface area contributed by atoms with Crippen LogP contribution in [0.25, 0.3) is 5.69 Å². The molecule has 0 aliphatic rings. The largest absolute Gasteiger partial charge is 0.741 e. The first kappa shape index (κ1) is 25.8. The van der Waals surface area contributed by atoms with Crippen LogP contribution in [0.4, 0.5) is 13.2 Å². The first-order valence-corrected chi connectivity index (χ1v) is 29.9. The van der Waals surface area contributed by atoms with Crippen molar-refractivity contribution in [2.75, 3.05) is 0 Å². The van der Waals surface area contributed by atoms with Crippen molar-refractivity contribution in [2.45, 2.75) is 35.1 Å². The summed E-state index contributed by atoms with van der Waals surface area (Å²) in [5.41, 5.74) is -4.30. The maximum absolute atomic E-state index is 10.7. The van der Waals surface area contributed by atoms with Gasteiger partial charge in [0.05, 0.1) is 0 Å². The molecule has 28 heavy (non-hydrogen) atoms. The number of halogens is 3. The van der Waals surface area contributed by atoms with Gasteiger partial charge in [-0.1, -0.05) is 0 Å². The van der Waals surface area contributed by atoms with Gasteiger partial charge in [-0.3, -0.25) is 0 Å². The molecule has 0 atom stereocenters. The Morgan fingerprint density at radius 1 is 0.964 bits per heavy atom. The Balaban J connectivity index is 0.000000416. The smallest absolute Gasteiger partial charge is 0.485 e. The van der Waals surface area contributed by atoms with Gasteiger partial charge in [0, 0.05) is 0 Å². The summed E-state index contributed by atoms with van der Waals surface area (Å²) in [6.45, 7) is 0. The van der Waals surface area contributed by atoms with E-state index >= 15 is 0 Å². The average molecular weight is 634 g/mol. The van der Waals surface area contributed by atoms with Crippen molar-refractivity contribution >= 4 is 54.0 Å². The predicted octanol–water partition coefficient (Wildman–Crippen LogP) is 2.44. The Kier molecular flexibility index (Phi) is 8.14. The summed E-state index contributed by atoms with van der Waals surface area (Å²) in [6, 6.07) is 7.40. The van der Waals surface area contributed by atoms with E-state index in [9.17, 15) is 13.2 Å². The third-order valence-electron chi connectivity index (χ3n) is 4.00. The number of hydrogen-bond acceptors (Lipinski definition) is 3. The predicted molar refractivity (Wildman–Crippen MR) is 109 cm³/mol. The molecule has 0 aliphatic carbocycles. The minimum absolute atomic E-state index is 1.34. The van der Waals surface area contributed by atoms with Crippen molar-refractivity contribution in [1.82, 2.24) is 4.57 Å². The molecule has 0 unspecified atom stereocenters. The molecule has 2 rings (SSSR count). The number of alkyl halides is 3. The molecule has 5 nitrogen and oxygen atoms in total. The van der Waals surface area contributed by atoms with E-state index in [1.165, 1.54) is 5.69 Å². The summed E-state index contributed by atoms with van der Waals surface area (Å²) < 4.78 is 66.6. The van der Waals surface area contributed by atoms with E-state index < -0.39 is 52.4 Å². The molecule has 0 amide bonds. The Bertz CT molecular complexity index is 896. The van der Waals surface area contributed by atoms with E-state index in [0.717, 1.165) is 0 Å². The van der Waals surface area contributed by atoms with Gasteiger partial charge in [-0.25, -0.2) is 8.42 Å². The summed E-state index contributed by atoms with van der Waals surface area (Å²) in [6.07, 6.45) is 6.41. The van der Waals surface area contributed by atoms with Crippen LogP contribution in [0.3, 0.4) is 0 Å². The van der Waals surface area contributed by atoms with Gasteiger partial charge in [0.15, 0.2) is 10.1 Å². The second kappa shape index (κ2) is 8.84. The van der Waals surface area contributed by atoms with Crippen LogP contribution >= 0.6 is 0 Å². The number of aryl methyl sites for hydroxylation is 1. The van der Waals surface area contributed by atoms with Gasteiger partial charge < -0.3 is 4.55 Å². The van der Waals surface area contributed by atoms with Crippen LogP contribution < -0.4 is 11.7 Å². The molecule has 2 aromatic rings. The molecular weight excluding hydrogens is 607 g/mol. The summed E-state index contributed by atoms with van der Waals surface area (Å²) in [5, 5.41) is 0. The van der Waals surface area contributed by atoms with Crippen LogP contribution in [0, 0.1) is 0 Å². The average Bonchev–Trinajstić information content (AvgIpc) is 2.90. The molecular formula is C17H27F3N2O3SSn2. The minimum Gasteiger partial charge on any atom is -0.741 e. The van der Waals surface area contributed by atoms with E-state index in [0.29, 0.717) is 0 Å². The molecule has 0 aliphatic heterocycles. The molecule has 1 aromatic heterocycles. The monoisotopic (exact) mass is 636 g/mol. The molecule has 0 radical (unpaired) electrons. The first-order chi connectivity index (χ1) is 12.3. The number of rotatable bonds is 3. The van der Waals surface area contributed by atoms with Crippen molar-refractivity contribution < 1.29 is 30.7 Å². The Labute approximate surface area is 173 Å². The van der Waals surface area contributed by atoms with Gasteiger partial charge in [-0.05, 0) is 0 Å². The standard InChI is InChI=1S/C10H9N2.CHF3O3S.6CH3.2Sn/c1-11-7-8-12(9-11)10-5-3-2-4-6-10;2-1(3,4)8(5,6)7;;;;;;;;/h2,5-9H,1H3;(H,5,6,7);6*1H3;;/q+1;;;;;;;;;/p-1. The minimum atomic E-state index is -6.09. The number of benzene rings is 1. The third kappa shape index (κ3) is 7.52. The SMILES string of the molecule is C[n+]1ccn(-c2c[c]([Sn]([CH3])([CH3])[CH3])c[c]([Sn]([CH3])([CH3])[CH3])c2)c1.O=S(=O)([O-])C(F)(F)F. The van der Waals surface area contributed by atoms with E-state index in [1.807, 2.05) is 0 Å². The third-order valence-corrected chi connectivity index (χ3v) is 16.1. The fraction of sp³-hybridized carbons (Fsp3) is 0.471. The van der Waals surface area contributed by atoms with Crippen molar-refractivity contribution in [3.05, 3.63) is 36.9 Å². The zero-order valence-electron chi connectivity index (χ0n) is 17.1. The van der Waals surface area contributed by atoms with Crippen LogP contribution in [0.5, 0.6) is 0 Å². The van der Waals surface area contributed by atoms with Crippen LogP contribution in [0.1, 0.15) is 0 Å². The van der Waals surface area contributed by atoms with Gasteiger partial charge >= 0.3 is 138 Å². The van der Waals surface area contributed by atoms with Crippen molar-refractivity contribution in [3.63, 3.8) is 0 Å². The van der Waals surface area contributed by atoms with E-state index in [1.54, 1.807) is 7.16 Å². The summed E-state index contributed by atoms with van der Waals surface area (Å²) in [4.78, 5) is 15.0. The molecule has 1 heterocycles. The number of imidazole rings is 1. The first-order valence-electron chi connectivity index (χ1n) is 8.54. The zero-order valence-corrected chi connectivity index (χ0v) is 23.7. The number of hydrogen-bond donors (Lipinski definition) is 0. The van der Waals surface area contributed by atoms with Crippen LogP contribution in [-0.2, 0) is 17.2 Å². The molecule has 0 bridgehead atoms. The quantitative estimate of drug-likeness (QED) is 0.226. The second-order valence-electron chi connectivity index (χ2n) is 8.65. The summed E-state index contributed by atoms with van der Waals surface area (Å²) in [5.74, 6) is 0. The maximum Gasteiger partial charge on any atom is 0.485 e. The summed E-state index contributed by atoms with van der Waals surface area (Å²) in [7, 11) is -4.01. The molecule has 0 spiro atoms. The Morgan fingerprint density at radius 2 is 1.36 bits per heavy atom. The van der Waals surface area contributed by atoms with Crippen molar-refractivity contribution in [3.8, 4) is 5.69 Å². The molecule has 0 saturated carbocycles. The second-order valence-corrected chi connectivity index (χ2v) is 39.0. The molecule has 1 aromatic carbocycles. The number of aromatic nitrogens is 2. The molecule has 158 valence electrons. The Morgan fingerprint density at radius 3 is 1.61 bits per heavy atom. The molecule has 0 N–H and O–H groups in total. The molecule has 0 fully saturated rings. The van der Waals surface area contributed by atoms with E-state index in [4.69, 9.17) is 13.0 Å².